The predicted octanol–water partition coefficient (Wildman–Crippen LogP) is 3.24. The Labute approximate surface area is 151 Å². The highest BCUT2D eigenvalue weighted by atomic mass is 35.5. The molecule has 0 aromatic heterocycles. The molecule has 4 nitrogen and oxygen atoms in total. The number of nitrogens with one attached hydrogen (secondary N) is 1. The van der Waals surface area contributed by atoms with E-state index < -0.39 is 5.82 Å². The van der Waals surface area contributed by atoms with E-state index in [9.17, 15) is 9.18 Å². The lowest BCUT2D eigenvalue weighted by Gasteiger charge is -2.27. The average Bonchev–Trinajstić information content (AvgIpc) is 2.61. The molecule has 1 N–H and O–H groups in total. The molecular formula is C19H20ClFN2O2. The highest BCUT2D eigenvalue weighted by molar-refractivity contribution is 6.33. The van der Waals surface area contributed by atoms with Gasteiger partial charge in [0.2, 0.25) is 0 Å². The largest absolute Gasteiger partial charge is 0.379 e. The number of ether oxygens (including phenoxy) is 1. The number of halogens is 2. The van der Waals surface area contributed by atoms with E-state index in [4.69, 9.17) is 16.3 Å². The molecule has 0 aliphatic carbocycles. The van der Waals surface area contributed by atoms with Gasteiger partial charge in [-0.15, -0.1) is 0 Å². The molecule has 1 aliphatic rings. The van der Waals surface area contributed by atoms with Crippen molar-refractivity contribution in [1.82, 2.24) is 10.2 Å². The molecule has 25 heavy (non-hydrogen) atoms. The van der Waals surface area contributed by atoms with Crippen LogP contribution in [0.3, 0.4) is 0 Å². The van der Waals surface area contributed by atoms with E-state index >= 15 is 0 Å². The number of hydrogen-bond acceptors (Lipinski definition) is 3. The number of carbonyl (C=O) groups is 1. The first-order chi connectivity index (χ1) is 12.1. The molecule has 0 bridgehead atoms. The molecule has 1 saturated heterocycles. The average molecular weight is 363 g/mol. The number of morpholine rings is 1. The molecule has 0 unspecified atom stereocenters. The SMILES string of the molecule is O=C(NCc1ccccc1CN1CCOCC1)c1ccc(F)cc1Cl. The zero-order chi connectivity index (χ0) is 17.6. The van der Waals surface area contributed by atoms with Crippen LogP contribution in [0.2, 0.25) is 5.02 Å². The predicted molar refractivity (Wildman–Crippen MR) is 95.1 cm³/mol. The summed E-state index contributed by atoms with van der Waals surface area (Å²) in [6.45, 7) is 4.54. The number of amides is 1. The van der Waals surface area contributed by atoms with Crippen molar-refractivity contribution in [1.29, 1.82) is 0 Å². The first-order valence-corrected chi connectivity index (χ1v) is 8.61. The molecule has 1 amide bonds. The molecule has 2 aromatic carbocycles. The number of hydrogen-bond donors (Lipinski definition) is 1. The van der Waals surface area contributed by atoms with Crippen LogP contribution in [-0.4, -0.2) is 37.1 Å². The van der Waals surface area contributed by atoms with Crippen molar-refractivity contribution >= 4 is 17.5 Å². The monoisotopic (exact) mass is 362 g/mol. The number of nitrogens with zero attached hydrogens (tertiary/aromatic N) is 1. The van der Waals surface area contributed by atoms with E-state index in [1.165, 1.54) is 17.7 Å². The molecule has 0 radical (unpaired) electrons. The van der Waals surface area contributed by atoms with Gasteiger partial charge in [-0.25, -0.2) is 4.39 Å². The van der Waals surface area contributed by atoms with E-state index in [2.05, 4.69) is 16.3 Å². The van der Waals surface area contributed by atoms with Crippen LogP contribution < -0.4 is 5.32 Å². The molecule has 3 rings (SSSR count). The minimum absolute atomic E-state index is 0.110. The van der Waals surface area contributed by atoms with Gasteiger partial charge in [0.1, 0.15) is 5.82 Å². The quantitative estimate of drug-likeness (QED) is 0.887. The van der Waals surface area contributed by atoms with Crippen LogP contribution >= 0.6 is 11.6 Å². The smallest absolute Gasteiger partial charge is 0.253 e. The van der Waals surface area contributed by atoms with E-state index in [0.717, 1.165) is 44.5 Å². The Kier molecular flexibility index (Phi) is 6.02. The maximum absolute atomic E-state index is 13.1. The van der Waals surface area contributed by atoms with Crippen molar-refractivity contribution in [3.8, 4) is 0 Å². The van der Waals surface area contributed by atoms with Crippen molar-refractivity contribution in [3.63, 3.8) is 0 Å². The molecule has 1 fully saturated rings. The van der Waals surface area contributed by atoms with Crippen molar-refractivity contribution in [2.45, 2.75) is 13.1 Å². The molecule has 2 aromatic rings. The maximum Gasteiger partial charge on any atom is 0.253 e. The molecular weight excluding hydrogens is 343 g/mol. The van der Waals surface area contributed by atoms with Crippen LogP contribution in [0.25, 0.3) is 0 Å². The van der Waals surface area contributed by atoms with E-state index in [1.807, 2.05) is 18.2 Å². The van der Waals surface area contributed by atoms with Gasteiger partial charge in [-0.1, -0.05) is 35.9 Å². The Hall–Kier alpha value is -1.95. The Bertz CT molecular complexity index is 748. The third kappa shape index (κ3) is 4.78. The molecule has 0 atom stereocenters. The van der Waals surface area contributed by atoms with Gasteiger partial charge in [-0.2, -0.15) is 0 Å². The Morgan fingerprint density at radius 3 is 2.60 bits per heavy atom. The lowest BCUT2D eigenvalue weighted by molar-refractivity contribution is 0.0340. The fraction of sp³-hybridized carbons (Fsp3) is 0.316. The zero-order valence-electron chi connectivity index (χ0n) is 13.8. The van der Waals surface area contributed by atoms with Crippen LogP contribution in [0.4, 0.5) is 4.39 Å². The van der Waals surface area contributed by atoms with Crippen molar-refractivity contribution in [2.75, 3.05) is 26.3 Å². The first kappa shape index (κ1) is 17.9. The fourth-order valence-electron chi connectivity index (χ4n) is 2.83. The van der Waals surface area contributed by atoms with Gasteiger partial charge in [0.15, 0.2) is 0 Å². The zero-order valence-corrected chi connectivity index (χ0v) is 14.6. The fourth-order valence-corrected chi connectivity index (χ4v) is 3.08. The number of rotatable bonds is 5. The second-order valence-corrected chi connectivity index (χ2v) is 6.37. The van der Waals surface area contributed by atoms with Gasteiger partial charge in [-0.3, -0.25) is 9.69 Å². The minimum Gasteiger partial charge on any atom is -0.379 e. The van der Waals surface area contributed by atoms with Crippen LogP contribution in [0.1, 0.15) is 21.5 Å². The highest BCUT2D eigenvalue weighted by Crippen LogP contribution is 2.18. The van der Waals surface area contributed by atoms with Gasteiger partial charge in [-0.05, 0) is 29.3 Å². The molecule has 0 saturated carbocycles. The second kappa shape index (κ2) is 8.43. The normalized spacial score (nSPS) is 15.1. The summed E-state index contributed by atoms with van der Waals surface area (Å²) in [5.41, 5.74) is 2.50. The molecule has 6 heteroatoms. The maximum atomic E-state index is 13.1. The summed E-state index contributed by atoms with van der Waals surface area (Å²) in [6.07, 6.45) is 0. The van der Waals surface area contributed by atoms with Gasteiger partial charge in [0.05, 0.1) is 23.8 Å². The summed E-state index contributed by atoms with van der Waals surface area (Å²) >= 11 is 5.95. The number of benzene rings is 2. The lowest BCUT2D eigenvalue weighted by Crippen LogP contribution is -2.36. The third-order valence-corrected chi connectivity index (χ3v) is 4.54. The van der Waals surface area contributed by atoms with Crippen LogP contribution in [0, 0.1) is 5.82 Å². The van der Waals surface area contributed by atoms with Gasteiger partial charge in [0.25, 0.3) is 5.91 Å². The van der Waals surface area contributed by atoms with Crippen LogP contribution in [0.15, 0.2) is 42.5 Å². The molecule has 132 valence electrons. The van der Waals surface area contributed by atoms with E-state index in [-0.39, 0.29) is 16.5 Å². The summed E-state index contributed by atoms with van der Waals surface area (Å²) < 4.78 is 18.5. The number of carbonyl (C=O) groups excluding carboxylic acids is 1. The minimum atomic E-state index is -0.461. The van der Waals surface area contributed by atoms with Crippen LogP contribution in [-0.2, 0) is 17.8 Å². The topological polar surface area (TPSA) is 41.6 Å². The van der Waals surface area contributed by atoms with Gasteiger partial charge < -0.3 is 10.1 Å². The van der Waals surface area contributed by atoms with Crippen molar-refractivity contribution in [3.05, 3.63) is 70.0 Å². The highest BCUT2D eigenvalue weighted by Gasteiger charge is 2.14. The molecule has 1 aliphatic heterocycles. The summed E-state index contributed by atoms with van der Waals surface area (Å²) in [5, 5.41) is 2.97. The Morgan fingerprint density at radius 1 is 1.16 bits per heavy atom. The van der Waals surface area contributed by atoms with Crippen molar-refractivity contribution < 1.29 is 13.9 Å². The summed E-state index contributed by atoms with van der Waals surface area (Å²) in [7, 11) is 0. The Morgan fingerprint density at radius 2 is 1.88 bits per heavy atom. The van der Waals surface area contributed by atoms with Crippen molar-refractivity contribution in [2.24, 2.45) is 0 Å². The summed E-state index contributed by atoms with van der Waals surface area (Å²) in [6, 6.07) is 11.8. The van der Waals surface area contributed by atoms with Gasteiger partial charge in [0, 0.05) is 26.2 Å². The first-order valence-electron chi connectivity index (χ1n) is 8.23. The standard InChI is InChI=1S/C19H20ClFN2O2/c20-18-11-16(21)5-6-17(18)19(24)22-12-14-3-1-2-4-15(14)13-23-7-9-25-10-8-23/h1-6,11H,7-10,12-13H2,(H,22,24). The molecule has 0 spiro atoms. The summed E-state index contributed by atoms with van der Waals surface area (Å²) in [4.78, 5) is 14.6. The third-order valence-electron chi connectivity index (χ3n) is 4.23. The summed E-state index contributed by atoms with van der Waals surface area (Å²) in [5.74, 6) is -0.774. The van der Waals surface area contributed by atoms with Crippen LogP contribution in [0.5, 0.6) is 0 Å². The lowest BCUT2D eigenvalue weighted by atomic mass is 10.1. The second-order valence-electron chi connectivity index (χ2n) is 5.96. The molecule has 1 heterocycles. The van der Waals surface area contributed by atoms with E-state index in [0.29, 0.717) is 6.54 Å². The van der Waals surface area contributed by atoms with E-state index in [1.54, 1.807) is 0 Å². The van der Waals surface area contributed by atoms with Gasteiger partial charge >= 0.3 is 0 Å². The Balaban J connectivity index is 1.65.